The summed E-state index contributed by atoms with van der Waals surface area (Å²) in [6, 6.07) is 11.7. The molecule has 1 N–H and O–H groups in total. The van der Waals surface area contributed by atoms with E-state index in [0.717, 1.165) is 21.5 Å². The van der Waals surface area contributed by atoms with Crippen LogP contribution in [0.4, 0.5) is 5.95 Å². The van der Waals surface area contributed by atoms with E-state index in [1.165, 1.54) is 11.9 Å². The SMILES string of the molecule is CCc1ccc([C@H](NC(=O)Cn2cnc([N+](=O)[O-])n2)c2cccs2)cc1. The molecule has 0 aliphatic rings. The molecular weight excluding hydrogens is 354 g/mol. The topological polar surface area (TPSA) is 103 Å². The summed E-state index contributed by atoms with van der Waals surface area (Å²) in [6.07, 6.45) is 2.12. The Labute approximate surface area is 153 Å². The van der Waals surface area contributed by atoms with Crippen molar-refractivity contribution in [2.45, 2.75) is 25.9 Å². The third-order valence-electron chi connectivity index (χ3n) is 3.85. The Morgan fingerprint density at radius 2 is 2.12 bits per heavy atom. The number of thiophene rings is 1. The number of carbonyl (C=O) groups is 1. The second-order valence-electron chi connectivity index (χ2n) is 5.61. The maximum Gasteiger partial charge on any atom is 0.490 e. The Morgan fingerprint density at radius 3 is 2.69 bits per heavy atom. The van der Waals surface area contributed by atoms with E-state index in [0.29, 0.717) is 0 Å². The Hall–Kier alpha value is -3.07. The van der Waals surface area contributed by atoms with Crippen LogP contribution in [-0.2, 0) is 17.8 Å². The smallest absolute Gasteiger partial charge is 0.390 e. The zero-order valence-electron chi connectivity index (χ0n) is 14.0. The van der Waals surface area contributed by atoms with Gasteiger partial charge in [0.05, 0.1) is 6.04 Å². The quantitative estimate of drug-likeness (QED) is 0.508. The molecule has 1 aromatic carbocycles. The first-order valence-electron chi connectivity index (χ1n) is 8.02. The van der Waals surface area contributed by atoms with Crippen molar-refractivity contribution in [3.63, 3.8) is 0 Å². The molecule has 2 aromatic heterocycles. The van der Waals surface area contributed by atoms with Crippen molar-refractivity contribution in [2.24, 2.45) is 0 Å². The maximum atomic E-state index is 12.4. The van der Waals surface area contributed by atoms with Crippen LogP contribution in [0.1, 0.15) is 29.0 Å². The van der Waals surface area contributed by atoms with E-state index in [1.807, 2.05) is 41.8 Å². The van der Waals surface area contributed by atoms with Crippen molar-refractivity contribution in [1.82, 2.24) is 20.1 Å². The van der Waals surface area contributed by atoms with Gasteiger partial charge >= 0.3 is 5.95 Å². The van der Waals surface area contributed by atoms with Crippen LogP contribution in [0.3, 0.4) is 0 Å². The van der Waals surface area contributed by atoms with Crippen LogP contribution in [0, 0.1) is 10.1 Å². The first-order chi connectivity index (χ1) is 12.6. The fourth-order valence-corrected chi connectivity index (χ4v) is 3.32. The number of aryl methyl sites for hydroxylation is 1. The number of nitro groups is 1. The van der Waals surface area contributed by atoms with Crippen molar-refractivity contribution in [2.75, 3.05) is 0 Å². The van der Waals surface area contributed by atoms with Crippen molar-refractivity contribution < 1.29 is 9.72 Å². The molecule has 1 amide bonds. The lowest BCUT2D eigenvalue weighted by atomic mass is 10.0. The third-order valence-corrected chi connectivity index (χ3v) is 4.78. The molecule has 8 nitrogen and oxygen atoms in total. The first kappa shape index (κ1) is 17.7. The van der Waals surface area contributed by atoms with Gasteiger partial charge in [0, 0.05) is 9.98 Å². The Bertz CT molecular complexity index is 890. The molecule has 0 bridgehead atoms. The molecule has 0 unspecified atom stereocenters. The normalized spacial score (nSPS) is 11.9. The van der Waals surface area contributed by atoms with Gasteiger partial charge in [-0.2, -0.15) is 4.68 Å². The molecule has 2 heterocycles. The summed E-state index contributed by atoms with van der Waals surface area (Å²) in [5.41, 5.74) is 2.20. The monoisotopic (exact) mass is 371 g/mol. The van der Waals surface area contributed by atoms with Gasteiger partial charge in [0.2, 0.25) is 12.2 Å². The van der Waals surface area contributed by atoms with E-state index >= 15 is 0 Å². The van der Waals surface area contributed by atoms with E-state index in [4.69, 9.17) is 0 Å². The van der Waals surface area contributed by atoms with Crippen molar-refractivity contribution in [3.8, 4) is 0 Å². The zero-order valence-corrected chi connectivity index (χ0v) is 14.8. The lowest BCUT2D eigenvalue weighted by Gasteiger charge is -2.18. The summed E-state index contributed by atoms with van der Waals surface area (Å²) in [5.74, 6) is -0.828. The van der Waals surface area contributed by atoms with Crippen LogP contribution >= 0.6 is 11.3 Å². The minimum Gasteiger partial charge on any atom is -0.390 e. The van der Waals surface area contributed by atoms with E-state index in [-0.39, 0.29) is 18.5 Å². The Kier molecular flexibility index (Phi) is 5.37. The Balaban J connectivity index is 1.76. The predicted octanol–water partition coefficient (Wildman–Crippen LogP) is 2.72. The molecule has 26 heavy (non-hydrogen) atoms. The molecule has 9 heteroatoms. The highest BCUT2D eigenvalue weighted by molar-refractivity contribution is 7.10. The molecule has 0 spiro atoms. The lowest BCUT2D eigenvalue weighted by molar-refractivity contribution is -0.394. The Morgan fingerprint density at radius 1 is 1.35 bits per heavy atom. The van der Waals surface area contributed by atoms with Crippen molar-refractivity contribution >= 4 is 23.2 Å². The fraction of sp³-hybridized carbons (Fsp3) is 0.235. The molecule has 0 saturated carbocycles. The predicted molar refractivity (Wildman–Crippen MR) is 96.8 cm³/mol. The first-order valence-corrected chi connectivity index (χ1v) is 8.90. The molecule has 3 rings (SSSR count). The van der Waals surface area contributed by atoms with Gasteiger partial charge in [-0.15, -0.1) is 11.3 Å². The number of nitrogens with zero attached hydrogens (tertiary/aromatic N) is 4. The van der Waals surface area contributed by atoms with Gasteiger partial charge in [0.1, 0.15) is 6.54 Å². The summed E-state index contributed by atoms with van der Waals surface area (Å²) in [7, 11) is 0. The van der Waals surface area contributed by atoms with Crippen molar-refractivity contribution in [3.05, 3.63) is 74.2 Å². The number of nitrogens with one attached hydrogen (secondary N) is 1. The van der Waals surface area contributed by atoms with E-state index in [9.17, 15) is 14.9 Å². The van der Waals surface area contributed by atoms with Gasteiger partial charge in [0.15, 0.2) is 0 Å². The standard InChI is InChI=1S/C17H17N5O3S/c1-2-12-5-7-13(8-6-12)16(14-4-3-9-26-14)19-15(23)10-21-11-18-17(20-21)22(24)25/h3-9,11,16H,2,10H2,1H3,(H,19,23)/t16-/m0/s1. The highest BCUT2D eigenvalue weighted by atomic mass is 32.1. The van der Waals surface area contributed by atoms with Crippen LogP contribution in [0.5, 0.6) is 0 Å². The molecule has 1 atom stereocenters. The fourth-order valence-electron chi connectivity index (χ4n) is 2.52. The van der Waals surface area contributed by atoms with Gasteiger partial charge in [-0.05, 0) is 33.9 Å². The number of amides is 1. The number of carbonyl (C=O) groups excluding carboxylic acids is 1. The zero-order chi connectivity index (χ0) is 18.5. The third kappa shape index (κ3) is 4.12. The molecule has 134 valence electrons. The van der Waals surface area contributed by atoms with E-state index in [2.05, 4.69) is 22.3 Å². The summed E-state index contributed by atoms with van der Waals surface area (Å²) in [4.78, 5) is 26.9. The van der Waals surface area contributed by atoms with Gasteiger partial charge in [-0.3, -0.25) is 4.79 Å². The highest BCUT2D eigenvalue weighted by Crippen LogP contribution is 2.26. The van der Waals surface area contributed by atoms with Crippen LogP contribution in [0.2, 0.25) is 0 Å². The molecule has 3 aromatic rings. The lowest BCUT2D eigenvalue weighted by Crippen LogP contribution is -2.32. The molecule has 0 aliphatic carbocycles. The number of hydrogen-bond donors (Lipinski definition) is 1. The summed E-state index contributed by atoms with van der Waals surface area (Å²) >= 11 is 1.55. The second-order valence-corrected chi connectivity index (χ2v) is 6.59. The van der Waals surface area contributed by atoms with Crippen molar-refractivity contribution in [1.29, 1.82) is 0 Å². The molecule has 0 radical (unpaired) electrons. The summed E-state index contributed by atoms with van der Waals surface area (Å²) in [6.45, 7) is 1.95. The van der Waals surface area contributed by atoms with Crippen LogP contribution in [-0.4, -0.2) is 25.6 Å². The van der Waals surface area contributed by atoms with E-state index in [1.54, 1.807) is 11.3 Å². The number of aromatic nitrogens is 3. The largest absolute Gasteiger partial charge is 0.490 e. The van der Waals surface area contributed by atoms with Gasteiger partial charge in [-0.1, -0.05) is 42.2 Å². The second kappa shape index (κ2) is 7.87. The van der Waals surface area contributed by atoms with Gasteiger partial charge in [0.25, 0.3) is 0 Å². The summed E-state index contributed by atoms with van der Waals surface area (Å²) in [5, 5.41) is 19.2. The molecule has 0 aliphatic heterocycles. The van der Waals surface area contributed by atoms with Gasteiger partial charge < -0.3 is 15.4 Å². The average Bonchev–Trinajstić information content (AvgIpc) is 3.32. The molecule has 0 saturated heterocycles. The van der Waals surface area contributed by atoms with Gasteiger partial charge in [-0.25, -0.2) is 0 Å². The summed E-state index contributed by atoms with van der Waals surface area (Å²) < 4.78 is 1.15. The minimum atomic E-state index is -0.696. The molecular formula is C17H17N5O3S. The maximum absolute atomic E-state index is 12.4. The van der Waals surface area contributed by atoms with E-state index < -0.39 is 10.9 Å². The molecule has 0 fully saturated rings. The van der Waals surface area contributed by atoms with Crippen LogP contribution < -0.4 is 5.32 Å². The van der Waals surface area contributed by atoms with Crippen LogP contribution in [0.25, 0.3) is 0 Å². The number of hydrogen-bond acceptors (Lipinski definition) is 6. The average molecular weight is 371 g/mol. The minimum absolute atomic E-state index is 0.143. The highest BCUT2D eigenvalue weighted by Gasteiger charge is 2.20. The number of benzene rings is 1. The van der Waals surface area contributed by atoms with Crippen LogP contribution in [0.15, 0.2) is 48.1 Å². The number of rotatable bonds is 7.